The number of ether oxygens (including phenoxy) is 1. The fraction of sp³-hybridized carbons (Fsp3) is 0.357. The summed E-state index contributed by atoms with van der Waals surface area (Å²) in [6, 6.07) is 3.22. The maximum Gasteiger partial charge on any atom is 0.338 e. The van der Waals surface area contributed by atoms with Gasteiger partial charge in [0.1, 0.15) is 23.9 Å². The lowest BCUT2D eigenvalue weighted by Gasteiger charge is -2.27. The molecule has 110 valence electrons. The average Bonchev–Trinajstić information content (AvgIpc) is 3.12. The van der Waals surface area contributed by atoms with E-state index in [0.717, 1.165) is 11.5 Å². The van der Waals surface area contributed by atoms with Crippen molar-refractivity contribution in [2.75, 3.05) is 12.4 Å². The van der Waals surface area contributed by atoms with Gasteiger partial charge in [-0.15, -0.1) is 0 Å². The van der Waals surface area contributed by atoms with Gasteiger partial charge in [-0.25, -0.2) is 9.48 Å². The van der Waals surface area contributed by atoms with Crippen molar-refractivity contribution >= 4 is 11.9 Å². The molecule has 1 aliphatic heterocycles. The number of allylic oxidation sites excluding steroid dienone is 1. The molecule has 0 spiro atoms. The Kier molecular flexibility index (Phi) is 3.25. The molecule has 3 heterocycles. The first-order valence-corrected chi connectivity index (χ1v) is 6.70. The molecule has 7 heteroatoms. The smallest absolute Gasteiger partial charge is 0.338 e. The Morgan fingerprint density at radius 2 is 2.33 bits per heavy atom. The molecule has 0 unspecified atom stereocenters. The van der Waals surface area contributed by atoms with Crippen LogP contribution >= 0.6 is 0 Å². The van der Waals surface area contributed by atoms with Crippen LogP contribution in [0.25, 0.3) is 0 Å². The molecular formula is C14H16N4O3. The van der Waals surface area contributed by atoms with Gasteiger partial charge in [0.25, 0.3) is 0 Å². The molecule has 0 fully saturated rings. The van der Waals surface area contributed by atoms with Crippen LogP contribution in [0.15, 0.2) is 34.1 Å². The zero-order valence-corrected chi connectivity index (χ0v) is 12.1. The van der Waals surface area contributed by atoms with Crippen molar-refractivity contribution < 1.29 is 13.9 Å². The van der Waals surface area contributed by atoms with E-state index in [1.807, 2.05) is 26.0 Å². The van der Waals surface area contributed by atoms with Gasteiger partial charge in [-0.1, -0.05) is 6.92 Å². The van der Waals surface area contributed by atoms with Crippen LogP contribution in [-0.4, -0.2) is 27.8 Å². The molecule has 0 bridgehead atoms. The Labute approximate surface area is 121 Å². The molecular weight excluding hydrogens is 272 g/mol. The largest absolute Gasteiger partial charge is 0.466 e. The van der Waals surface area contributed by atoms with Gasteiger partial charge in [-0.2, -0.15) is 10.1 Å². The van der Waals surface area contributed by atoms with Crippen LogP contribution in [0.5, 0.6) is 0 Å². The minimum Gasteiger partial charge on any atom is -0.466 e. The summed E-state index contributed by atoms with van der Waals surface area (Å²) in [4.78, 5) is 16.4. The van der Waals surface area contributed by atoms with E-state index in [2.05, 4.69) is 15.4 Å². The molecule has 2 aromatic rings. The normalized spacial score (nSPS) is 17.4. The van der Waals surface area contributed by atoms with Crippen LogP contribution in [0, 0.1) is 6.92 Å². The van der Waals surface area contributed by atoms with E-state index in [1.165, 1.54) is 13.4 Å². The quantitative estimate of drug-likeness (QED) is 0.870. The van der Waals surface area contributed by atoms with E-state index >= 15 is 0 Å². The van der Waals surface area contributed by atoms with E-state index in [-0.39, 0.29) is 0 Å². The summed E-state index contributed by atoms with van der Waals surface area (Å²) in [5, 5.41) is 7.33. The summed E-state index contributed by atoms with van der Waals surface area (Å²) >= 11 is 0. The number of nitrogens with zero attached hydrogens (tertiary/aromatic N) is 3. The Bertz CT molecular complexity index is 713. The van der Waals surface area contributed by atoms with E-state index in [9.17, 15) is 4.79 Å². The second kappa shape index (κ2) is 5.08. The molecule has 0 radical (unpaired) electrons. The van der Waals surface area contributed by atoms with Gasteiger partial charge in [0.15, 0.2) is 0 Å². The van der Waals surface area contributed by atoms with Gasteiger partial charge in [-0.3, -0.25) is 0 Å². The van der Waals surface area contributed by atoms with Crippen molar-refractivity contribution in [3.05, 3.63) is 41.3 Å². The Morgan fingerprint density at radius 1 is 1.52 bits per heavy atom. The van der Waals surface area contributed by atoms with Crippen LogP contribution < -0.4 is 5.32 Å². The number of methoxy groups -OCH3 is 1. The highest BCUT2D eigenvalue weighted by molar-refractivity contribution is 5.92. The topological polar surface area (TPSA) is 82.2 Å². The number of hydrogen-bond donors (Lipinski definition) is 1. The van der Waals surface area contributed by atoms with Gasteiger partial charge >= 0.3 is 5.97 Å². The number of hydrogen-bond acceptors (Lipinski definition) is 6. The van der Waals surface area contributed by atoms with Gasteiger partial charge in [-0.05, 0) is 25.5 Å². The third kappa shape index (κ3) is 2.10. The van der Waals surface area contributed by atoms with Crippen molar-refractivity contribution in [1.29, 1.82) is 0 Å². The van der Waals surface area contributed by atoms with Gasteiger partial charge in [0.2, 0.25) is 5.95 Å². The summed E-state index contributed by atoms with van der Waals surface area (Å²) in [7, 11) is 1.36. The number of carbonyl (C=O) groups is 1. The van der Waals surface area contributed by atoms with E-state index < -0.39 is 12.0 Å². The minimum atomic E-state index is -0.472. The summed E-state index contributed by atoms with van der Waals surface area (Å²) < 4.78 is 12.3. The summed E-state index contributed by atoms with van der Waals surface area (Å²) in [5.41, 5.74) is 1.26. The number of nitrogens with one attached hydrogen (secondary N) is 1. The third-order valence-corrected chi connectivity index (χ3v) is 3.47. The Morgan fingerprint density at radius 3 is 2.95 bits per heavy atom. The van der Waals surface area contributed by atoms with Crippen molar-refractivity contribution in [3.63, 3.8) is 0 Å². The molecule has 0 saturated heterocycles. The fourth-order valence-electron chi connectivity index (χ4n) is 2.50. The van der Waals surface area contributed by atoms with E-state index in [1.54, 1.807) is 4.68 Å². The predicted molar refractivity (Wildman–Crippen MR) is 74.6 cm³/mol. The van der Waals surface area contributed by atoms with Crippen LogP contribution in [-0.2, 0) is 9.53 Å². The molecule has 0 aliphatic carbocycles. The second-order valence-electron chi connectivity index (χ2n) is 4.74. The molecule has 1 N–H and O–H groups in total. The van der Waals surface area contributed by atoms with E-state index in [0.29, 0.717) is 23.7 Å². The molecule has 7 nitrogen and oxygen atoms in total. The van der Waals surface area contributed by atoms with Crippen LogP contribution in [0.2, 0.25) is 0 Å². The number of anilines is 1. The number of aryl methyl sites for hydroxylation is 1. The van der Waals surface area contributed by atoms with Crippen molar-refractivity contribution in [2.45, 2.75) is 26.3 Å². The molecule has 0 aromatic carbocycles. The number of aromatic nitrogens is 3. The number of rotatable bonds is 3. The molecule has 0 amide bonds. The van der Waals surface area contributed by atoms with Gasteiger partial charge in [0.05, 0.1) is 12.7 Å². The fourth-order valence-corrected chi connectivity index (χ4v) is 2.50. The first-order valence-electron chi connectivity index (χ1n) is 6.70. The first kappa shape index (κ1) is 13.4. The van der Waals surface area contributed by atoms with Crippen molar-refractivity contribution in [3.8, 4) is 0 Å². The zero-order valence-electron chi connectivity index (χ0n) is 12.1. The van der Waals surface area contributed by atoms with Crippen molar-refractivity contribution in [1.82, 2.24) is 14.8 Å². The summed E-state index contributed by atoms with van der Waals surface area (Å²) in [5.74, 6) is 1.58. The number of furan rings is 1. The van der Waals surface area contributed by atoms with Crippen LogP contribution in [0.3, 0.4) is 0 Å². The highest BCUT2D eigenvalue weighted by Crippen LogP contribution is 2.36. The van der Waals surface area contributed by atoms with Crippen molar-refractivity contribution in [2.24, 2.45) is 0 Å². The standard InChI is InChI=1S/C14H16N4O3/c1-4-9-11(13(19)20-3)12(10-6-5-8(2)21-10)18-14(17-9)15-7-16-18/h5-7,12H,4H2,1-3H3,(H,15,16,17)/t12-/m0/s1. The van der Waals surface area contributed by atoms with Gasteiger partial charge < -0.3 is 14.5 Å². The lowest BCUT2D eigenvalue weighted by atomic mass is 9.99. The number of esters is 1. The molecule has 2 aromatic heterocycles. The van der Waals surface area contributed by atoms with Crippen LogP contribution in [0.4, 0.5) is 5.95 Å². The maximum atomic E-state index is 12.2. The number of carbonyl (C=O) groups excluding carboxylic acids is 1. The Balaban J connectivity index is 2.20. The molecule has 21 heavy (non-hydrogen) atoms. The van der Waals surface area contributed by atoms with Crippen LogP contribution in [0.1, 0.15) is 30.9 Å². The molecule has 0 saturated carbocycles. The maximum absolute atomic E-state index is 12.2. The van der Waals surface area contributed by atoms with E-state index in [4.69, 9.17) is 9.15 Å². The third-order valence-electron chi connectivity index (χ3n) is 3.47. The SMILES string of the molecule is CCC1=C(C(=O)OC)[C@H](c2ccc(C)o2)n2ncnc2N1. The number of fused-ring (bicyclic) bond motifs is 1. The average molecular weight is 288 g/mol. The van der Waals surface area contributed by atoms with Gasteiger partial charge in [0, 0.05) is 5.70 Å². The first-order chi connectivity index (χ1) is 10.2. The zero-order chi connectivity index (χ0) is 15.0. The minimum absolute atomic E-state index is 0.403. The molecule has 1 aliphatic rings. The lowest BCUT2D eigenvalue weighted by Crippen LogP contribution is -2.29. The highest BCUT2D eigenvalue weighted by atomic mass is 16.5. The molecule has 1 atom stereocenters. The lowest BCUT2D eigenvalue weighted by molar-refractivity contribution is -0.136. The highest BCUT2D eigenvalue weighted by Gasteiger charge is 2.36. The predicted octanol–water partition coefficient (Wildman–Crippen LogP) is 2.03. The summed E-state index contributed by atoms with van der Waals surface area (Å²) in [6.07, 6.45) is 2.09. The Hall–Kier alpha value is -2.57. The summed E-state index contributed by atoms with van der Waals surface area (Å²) in [6.45, 7) is 3.82. The monoisotopic (exact) mass is 288 g/mol. The molecule has 3 rings (SSSR count). The second-order valence-corrected chi connectivity index (χ2v) is 4.74.